The van der Waals surface area contributed by atoms with Crippen LogP contribution in [0.5, 0.6) is 5.75 Å². The van der Waals surface area contributed by atoms with E-state index in [9.17, 15) is 14.0 Å². The van der Waals surface area contributed by atoms with Crippen molar-refractivity contribution < 1.29 is 23.8 Å². The fourth-order valence-electron chi connectivity index (χ4n) is 1.58. The third-order valence-corrected chi connectivity index (χ3v) is 2.67. The number of benzene rings is 1. The van der Waals surface area contributed by atoms with Crippen molar-refractivity contribution in [2.24, 2.45) is 0 Å². The number of hydrogen-bond donors (Lipinski definition) is 2. The first-order valence-electron chi connectivity index (χ1n) is 5.84. The molecule has 0 radical (unpaired) electrons. The molecule has 0 saturated heterocycles. The molecule has 0 spiro atoms. The number of carboxylic acid groups (broad SMARTS) is 1. The van der Waals surface area contributed by atoms with Gasteiger partial charge in [-0.25, -0.2) is 4.39 Å². The number of aliphatic carboxylic acids is 1. The molecular weight excluding hydrogens is 253 g/mol. The van der Waals surface area contributed by atoms with Gasteiger partial charge in [0, 0.05) is 12.1 Å². The first-order valence-corrected chi connectivity index (χ1v) is 5.84. The minimum atomic E-state index is -1.01. The van der Waals surface area contributed by atoms with Crippen LogP contribution in [0.15, 0.2) is 18.2 Å². The summed E-state index contributed by atoms with van der Waals surface area (Å²) < 4.78 is 18.5. The van der Waals surface area contributed by atoms with Crippen LogP contribution in [0.3, 0.4) is 0 Å². The SMILES string of the molecule is CCC(CC(=O)O)NC(=O)c1ccc(OC)cc1F. The number of ether oxygens (including phenoxy) is 1. The second kappa shape index (κ2) is 6.72. The maximum absolute atomic E-state index is 13.6. The number of carbonyl (C=O) groups is 2. The number of halogens is 1. The third-order valence-electron chi connectivity index (χ3n) is 2.67. The van der Waals surface area contributed by atoms with E-state index in [1.165, 1.54) is 19.2 Å². The minimum Gasteiger partial charge on any atom is -0.497 e. The van der Waals surface area contributed by atoms with Crippen molar-refractivity contribution in [3.8, 4) is 5.75 Å². The maximum atomic E-state index is 13.6. The first-order chi connectivity index (χ1) is 8.97. The maximum Gasteiger partial charge on any atom is 0.305 e. The smallest absolute Gasteiger partial charge is 0.305 e. The number of nitrogens with one attached hydrogen (secondary N) is 1. The minimum absolute atomic E-state index is 0.135. The molecule has 1 aromatic carbocycles. The van der Waals surface area contributed by atoms with Crippen LogP contribution in [0.4, 0.5) is 4.39 Å². The van der Waals surface area contributed by atoms with E-state index in [2.05, 4.69) is 5.32 Å². The summed E-state index contributed by atoms with van der Waals surface area (Å²) in [5, 5.41) is 11.2. The summed E-state index contributed by atoms with van der Waals surface area (Å²) in [6, 6.07) is 3.35. The number of carbonyl (C=O) groups excluding carboxylic acids is 1. The van der Waals surface area contributed by atoms with Crippen molar-refractivity contribution in [2.45, 2.75) is 25.8 Å². The quantitative estimate of drug-likeness (QED) is 0.826. The largest absolute Gasteiger partial charge is 0.497 e. The highest BCUT2D eigenvalue weighted by atomic mass is 19.1. The van der Waals surface area contributed by atoms with Crippen LogP contribution in [-0.4, -0.2) is 30.1 Å². The van der Waals surface area contributed by atoms with Crippen LogP contribution in [0, 0.1) is 5.82 Å². The molecule has 1 atom stereocenters. The van der Waals surface area contributed by atoms with Crippen molar-refractivity contribution in [3.05, 3.63) is 29.6 Å². The van der Waals surface area contributed by atoms with E-state index in [0.717, 1.165) is 6.07 Å². The summed E-state index contributed by atoms with van der Waals surface area (Å²) in [5.41, 5.74) is -0.135. The summed E-state index contributed by atoms with van der Waals surface area (Å²) in [6.45, 7) is 1.75. The average Bonchev–Trinajstić information content (AvgIpc) is 2.36. The van der Waals surface area contributed by atoms with E-state index in [1.807, 2.05) is 0 Å². The molecule has 0 saturated carbocycles. The van der Waals surface area contributed by atoms with E-state index in [-0.39, 0.29) is 12.0 Å². The number of amides is 1. The predicted molar refractivity (Wildman–Crippen MR) is 66.8 cm³/mol. The Morgan fingerprint density at radius 3 is 2.63 bits per heavy atom. The lowest BCUT2D eigenvalue weighted by Crippen LogP contribution is -2.36. The lowest BCUT2D eigenvalue weighted by molar-refractivity contribution is -0.137. The third kappa shape index (κ3) is 4.24. The van der Waals surface area contributed by atoms with Crippen LogP contribution in [0.25, 0.3) is 0 Å². The summed E-state index contributed by atoms with van der Waals surface area (Å²) in [7, 11) is 1.40. The van der Waals surface area contributed by atoms with Gasteiger partial charge in [-0.2, -0.15) is 0 Å². The van der Waals surface area contributed by atoms with Gasteiger partial charge in [0.25, 0.3) is 5.91 Å². The first kappa shape index (κ1) is 14.9. The zero-order valence-electron chi connectivity index (χ0n) is 10.8. The van der Waals surface area contributed by atoms with Gasteiger partial charge in [0.05, 0.1) is 19.1 Å². The van der Waals surface area contributed by atoms with Gasteiger partial charge < -0.3 is 15.2 Å². The fourth-order valence-corrected chi connectivity index (χ4v) is 1.58. The molecule has 0 heterocycles. The van der Waals surface area contributed by atoms with Crippen molar-refractivity contribution in [2.75, 3.05) is 7.11 Å². The summed E-state index contributed by atoms with van der Waals surface area (Å²) in [4.78, 5) is 22.4. The highest BCUT2D eigenvalue weighted by Crippen LogP contribution is 2.16. The molecule has 1 aromatic rings. The Morgan fingerprint density at radius 1 is 1.47 bits per heavy atom. The van der Waals surface area contributed by atoms with Gasteiger partial charge in [-0.1, -0.05) is 6.92 Å². The summed E-state index contributed by atoms with van der Waals surface area (Å²) in [5.74, 6) is -2.04. The van der Waals surface area contributed by atoms with Crippen molar-refractivity contribution >= 4 is 11.9 Å². The van der Waals surface area contributed by atoms with Gasteiger partial charge in [0.2, 0.25) is 0 Å². The Balaban J connectivity index is 2.79. The van der Waals surface area contributed by atoms with Crippen LogP contribution in [-0.2, 0) is 4.79 Å². The molecule has 1 amide bonds. The van der Waals surface area contributed by atoms with Gasteiger partial charge in [0.15, 0.2) is 0 Å². The van der Waals surface area contributed by atoms with Crippen LogP contribution < -0.4 is 10.1 Å². The standard InChI is InChI=1S/C13H16FNO4/c1-3-8(6-12(16)17)15-13(18)10-5-4-9(19-2)7-11(10)14/h4-5,7-8H,3,6H2,1-2H3,(H,15,18)(H,16,17). The lowest BCUT2D eigenvalue weighted by Gasteiger charge is -2.15. The number of carboxylic acids is 1. The van der Waals surface area contributed by atoms with E-state index in [4.69, 9.17) is 9.84 Å². The number of methoxy groups -OCH3 is 1. The van der Waals surface area contributed by atoms with Crippen molar-refractivity contribution in [1.29, 1.82) is 0 Å². The fraction of sp³-hybridized carbons (Fsp3) is 0.385. The van der Waals surface area contributed by atoms with Crippen LogP contribution in [0.1, 0.15) is 30.1 Å². The summed E-state index contributed by atoms with van der Waals surface area (Å²) >= 11 is 0. The van der Waals surface area contributed by atoms with E-state index >= 15 is 0 Å². The molecular formula is C13H16FNO4. The normalized spacial score (nSPS) is 11.7. The Kier molecular flexibility index (Phi) is 5.29. The molecule has 0 aromatic heterocycles. The predicted octanol–water partition coefficient (Wildman–Crippen LogP) is 1.82. The molecule has 0 fully saturated rings. The Hall–Kier alpha value is -2.11. The van der Waals surface area contributed by atoms with Crippen LogP contribution in [0.2, 0.25) is 0 Å². The Labute approximate surface area is 110 Å². The average molecular weight is 269 g/mol. The highest BCUT2D eigenvalue weighted by Gasteiger charge is 2.18. The van der Waals surface area contributed by atoms with Gasteiger partial charge in [-0.15, -0.1) is 0 Å². The van der Waals surface area contributed by atoms with Gasteiger partial charge in [-0.05, 0) is 18.6 Å². The van der Waals surface area contributed by atoms with Gasteiger partial charge in [0.1, 0.15) is 11.6 Å². The molecule has 104 valence electrons. The van der Waals surface area contributed by atoms with Gasteiger partial charge in [-0.3, -0.25) is 9.59 Å². The second-order valence-corrected chi connectivity index (χ2v) is 4.02. The second-order valence-electron chi connectivity index (χ2n) is 4.02. The van der Waals surface area contributed by atoms with E-state index < -0.39 is 23.7 Å². The van der Waals surface area contributed by atoms with Gasteiger partial charge >= 0.3 is 5.97 Å². The number of hydrogen-bond acceptors (Lipinski definition) is 3. The molecule has 0 aliphatic carbocycles. The molecule has 1 rings (SSSR count). The van der Waals surface area contributed by atoms with E-state index in [0.29, 0.717) is 12.2 Å². The molecule has 19 heavy (non-hydrogen) atoms. The number of rotatable bonds is 6. The topological polar surface area (TPSA) is 75.6 Å². The summed E-state index contributed by atoms with van der Waals surface area (Å²) in [6.07, 6.45) is 0.260. The Morgan fingerprint density at radius 2 is 2.16 bits per heavy atom. The molecule has 0 aliphatic heterocycles. The molecule has 6 heteroatoms. The molecule has 5 nitrogen and oxygen atoms in total. The highest BCUT2D eigenvalue weighted by molar-refractivity contribution is 5.95. The molecule has 2 N–H and O–H groups in total. The lowest BCUT2D eigenvalue weighted by atomic mass is 10.1. The zero-order chi connectivity index (χ0) is 14.4. The van der Waals surface area contributed by atoms with E-state index in [1.54, 1.807) is 6.92 Å². The Bertz CT molecular complexity index is 476. The molecule has 0 aliphatic rings. The zero-order valence-corrected chi connectivity index (χ0v) is 10.8. The molecule has 0 bridgehead atoms. The van der Waals surface area contributed by atoms with Crippen molar-refractivity contribution in [3.63, 3.8) is 0 Å². The van der Waals surface area contributed by atoms with Crippen LogP contribution >= 0.6 is 0 Å². The molecule has 1 unspecified atom stereocenters. The van der Waals surface area contributed by atoms with Crippen molar-refractivity contribution in [1.82, 2.24) is 5.32 Å². The monoisotopic (exact) mass is 269 g/mol.